The molecule has 0 aliphatic carbocycles. The van der Waals surface area contributed by atoms with Crippen LogP contribution in [0.5, 0.6) is 5.75 Å². The number of aromatic nitrogens is 1. The molecule has 2 aromatic carbocycles. The van der Waals surface area contributed by atoms with Crippen LogP contribution in [0.1, 0.15) is 15.9 Å². The lowest BCUT2D eigenvalue weighted by Gasteiger charge is -2.31. The number of nitrogens with one attached hydrogen (secondary N) is 1. The van der Waals surface area contributed by atoms with Crippen molar-refractivity contribution in [3.63, 3.8) is 0 Å². The first kappa shape index (κ1) is 17.4. The molecule has 0 amide bonds. The van der Waals surface area contributed by atoms with Crippen molar-refractivity contribution < 1.29 is 19.0 Å². The Morgan fingerprint density at radius 3 is 2.96 bits per heavy atom. The van der Waals surface area contributed by atoms with E-state index in [0.717, 1.165) is 0 Å². The fraction of sp³-hybridized carbons (Fsp3) is 0.158. The standard InChI is InChI=1S/C19H14ClFN2O4/c20-13-3-1-2-10(17(13)21)9-23-4-5-27-16-7-14-11(6-15(16)23)18(24)12(8-22-14)19(25)26/h1-3,6-8H,4-5,9H2,(H,22,24)(H,25,26). The number of H-pyrrole nitrogens is 1. The van der Waals surface area contributed by atoms with E-state index in [4.69, 9.17) is 21.4 Å². The van der Waals surface area contributed by atoms with Crippen LogP contribution in [0.2, 0.25) is 5.02 Å². The van der Waals surface area contributed by atoms with Gasteiger partial charge in [0.1, 0.15) is 23.7 Å². The number of carboxylic acids is 1. The van der Waals surface area contributed by atoms with E-state index in [1.165, 1.54) is 12.3 Å². The number of hydrogen-bond donors (Lipinski definition) is 2. The summed E-state index contributed by atoms with van der Waals surface area (Å²) in [6, 6.07) is 8.03. The first-order valence-electron chi connectivity index (χ1n) is 8.19. The summed E-state index contributed by atoms with van der Waals surface area (Å²) in [5.74, 6) is -1.25. The van der Waals surface area contributed by atoms with E-state index in [1.807, 2.05) is 4.90 Å². The highest BCUT2D eigenvalue weighted by molar-refractivity contribution is 6.30. The number of ether oxygens (including phenoxy) is 1. The molecule has 0 unspecified atom stereocenters. The van der Waals surface area contributed by atoms with Gasteiger partial charge in [-0.05, 0) is 12.1 Å². The number of rotatable bonds is 3. The first-order chi connectivity index (χ1) is 13.0. The molecule has 0 saturated carbocycles. The monoisotopic (exact) mass is 388 g/mol. The predicted octanol–water partition coefficient (Wildman–Crippen LogP) is 3.42. The summed E-state index contributed by atoms with van der Waals surface area (Å²) in [4.78, 5) is 28.4. The average Bonchev–Trinajstić information content (AvgIpc) is 2.64. The molecular weight excluding hydrogens is 375 g/mol. The number of aromatic amines is 1. The van der Waals surface area contributed by atoms with Crippen LogP contribution in [0.15, 0.2) is 41.3 Å². The number of fused-ring (bicyclic) bond motifs is 2. The largest absolute Gasteiger partial charge is 0.489 e. The van der Waals surface area contributed by atoms with Crippen LogP contribution in [-0.4, -0.2) is 29.2 Å². The zero-order valence-corrected chi connectivity index (χ0v) is 14.7. The van der Waals surface area contributed by atoms with Gasteiger partial charge >= 0.3 is 5.97 Å². The molecule has 0 saturated heterocycles. The number of pyridine rings is 1. The lowest BCUT2D eigenvalue weighted by Crippen LogP contribution is -2.32. The fourth-order valence-corrected chi connectivity index (χ4v) is 3.38. The third-order valence-corrected chi connectivity index (χ3v) is 4.83. The van der Waals surface area contributed by atoms with Crippen molar-refractivity contribution >= 4 is 34.2 Å². The maximum absolute atomic E-state index is 14.3. The summed E-state index contributed by atoms with van der Waals surface area (Å²) in [5.41, 5.74) is 0.564. The smallest absolute Gasteiger partial charge is 0.341 e. The van der Waals surface area contributed by atoms with Gasteiger partial charge in [-0.3, -0.25) is 4.79 Å². The van der Waals surface area contributed by atoms with Crippen LogP contribution in [0.25, 0.3) is 10.9 Å². The summed E-state index contributed by atoms with van der Waals surface area (Å²) in [5, 5.41) is 9.43. The Balaban J connectivity index is 1.82. The number of nitrogens with zero attached hydrogens (tertiary/aromatic N) is 1. The van der Waals surface area contributed by atoms with Crippen LogP contribution in [-0.2, 0) is 6.54 Å². The lowest BCUT2D eigenvalue weighted by atomic mass is 10.1. The highest BCUT2D eigenvalue weighted by Crippen LogP contribution is 2.35. The molecular formula is C19H14ClFN2O4. The van der Waals surface area contributed by atoms with Gasteiger partial charge < -0.3 is 19.7 Å². The van der Waals surface area contributed by atoms with Gasteiger partial charge in [0, 0.05) is 29.8 Å². The third-order valence-electron chi connectivity index (χ3n) is 4.54. The van der Waals surface area contributed by atoms with Crippen molar-refractivity contribution in [2.75, 3.05) is 18.1 Å². The molecule has 8 heteroatoms. The van der Waals surface area contributed by atoms with E-state index in [-0.39, 0.29) is 22.5 Å². The minimum absolute atomic E-state index is 0.0436. The van der Waals surface area contributed by atoms with Crippen LogP contribution < -0.4 is 15.1 Å². The number of halogens is 2. The summed E-state index contributed by atoms with van der Waals surface area (Å²) < 4.78 is 20.0. The second-order valence-electron chi connectivity index (χ2n) is 6.19. The lowest BCUT2D eigenvalue weighted by molar-refractivity contribution is 0.0695. The number of carbonyl (C=O) groups is 1. The van der Waals surface area contributed by atoms with Crippen LogP contribution in [0.3, 0.4) is 0 Å². The third kappa shape index (κ3) is 3.00. The number of benzene rings is 2. The minimum atomic E-state index is -1.30. The Morgan fingerprint density at radius 2 is 2.19 bits per heavy atom. The molecule has 0 spiro atoms. The van der Waals surface area contributed by atoms with E-state index >= 15 is 0 Å². The van der Waals surface area contributed by atoms with E-state index in [0.29, 0.717) is 35.7 Å². The Kier molecular flexibility index (Phi) is 4.24. The summed E-state index contributed by atoms with van der Waals surface area (Å²) in [7, 11) is 0. The molecule has 6 nitrogen and oxygen atoms in total. The molecule has 138 valence electrons. The molecule has 1 aliphatic heterocycles. The minimum Gasteiger partial charge on any atom is -0.489 e. The van der Waals surface area contributed by atoms with Crippen molar-refractivity contribution in [1.29, 1.82) is 0 Å². The zero-order valence-electron chi connectivity index (χ0n) is 14.0. The molecule has 0 radical (unpaired) electrons. The SMILES string of the molecule is O=C(O)c1c[nH]c2cc3c(cc2c1=O)N(Cc1cccc(Cl)c1F)CCO3. The van der Waals surface area contributed by atoms with Gasteiger partial charge in [-0.1, -0.05) is 23.7 Å². The second-order valence-corrected chi connectivity index (χ2v) is 6.59. The van der Waals surface area contributed by atoms with Crippen LogP contribution in [0, 0.1) is 5.82 Å². The Bertz CT molecular complexity index is 1130. The molecule has 3 aromatic rings. The maximum atomic E-state index is 14.3. The first-order valence-corrected chi connectivity index (χ1v) is 8.57. The topological polar surface area (TPSA) is 82.6 Å². The van der Waals surface area contributed by atoms with Crippen molar-refractivity contribution in [1.82, 2.24) is 4.98 Å². The molecule has 0 bridgehead atoms. The van der Waals surface area contributed by atoms with Crippen molar-refractivity contribution in [3.05, 3.63) is 68.7 Å². The summed E-state index contributed by atoms with van der Waals surface area (Å²) in [6.07, 6.45) is 1.17. The molecule has 2 heterocycles. The van der Waals surface area contributed by atoms with E-state index in [1.54, 1.807) is 24.3 Å². The van der Waals surface area contributed by atoms with Gasteiger partial charge in [-0.25, -0.2) is 9.18 Å². The quantitative estimate of drug-likeness (QED) is 0.718. The number of carboxylic acid groups (broad SMARTS) is 1. The van der Waals surface area contributed by atoms with E-state index < -0.39 is 17.2 Å². The van der Waals surface area contributed by atoms with Gasteiger partial charge in [0.25, 0.3) is 0 Å². The maximum Gasteiger partial charge on any atom is 0.341 e. The predicted molar refractivity (Wildman–Crippen MR) is 99.5 cm³/mol. The fourth-order valence-electron chi connectivity index (χ4n) is 3.18. The molecule has 27 heavy (non-hydrogen) atoms. The van der Waals surface area contributed by atoms with Gasteiger partial charge in [0.05, 0.1) is 22.8 Å². The molecule has 1 aromatic heterocycles. The Morgan fingerprint density at radius 1 is 1.37 bits per heavy atom. The van der Waals surface area contributed by atoms with Crippen molar-refractivity contribution in [3.8, 4) is 5.75 Å². The highest BCUT2D eigenvalue weighted by atomic mass is 35.5. The van der Waals surface area contributed by atoms with Crippen molar-refractivity contribution in [2.45, 2.75) is 6.54 Å². The van der Waals surface area contributed by atoms with E-state index in [2.05, 4.69) is 4.98 Å². The number of aromatic carboxylic acids is 1. The summed E-state index contributed by atoms with van der Waals surface area (Å²) >= 11 is 5.86. The van der Waals surface area contributed by atoms with Gasteiger partial charge in [0.2, 0.25) is 5.43 Å². The van der Waals surface area contributed by atoms with Crippen LogP contribution in [0.4, 0.5) is 10.1 Å². The van der Waals surface area contributed by atoms with Crippen LogP contribution >= 0.6 is 11.6 Å². The highest BCUT2D eigenvalue weighted by Gasteiger charge is 2.22. The molecule has 4 rings (SSSR count). The number of hydrogen-bond acceptors (Lipinski definition) is 4. The Labute approximate surface area is 157 Å². The summed E-state index contributed by atoms with van der Waals surface area (Å²) in [6.45, 7) is 1.13. The molecule has 2 N–H and O–H groups in total. The van der Waals surface area contributed by atoms with Crippen molar-refractivity contribution in [2.24, 2.45) is 0 Å². The van der Waals surface area contributed by atoms with Gasteiger partial charge in [-0.15, -0.1) is 0 Å². The van der Waals surface area contributed by atoms with E-state index in [9.17, 15) is 14.0 Å². The average molecular weight is 389 g/mol. The number of anilines is 1. The molecule has 0 fully saturated rings. The normalized spacial score (nSPS) is 13.3. The second kappa shape index (κ2) is 6.59. The molecule has 0 atom stereocenters. The van der Waals surface area contributed by atoms with Gasteiger partial charge in [0.15, 0.2) is 0 Å². The Hall–Kier alpha value is -3.06. The molecule has 1 aliphatic rings. The van der Waals surface area contributed by atoms with Gasteiger partial charge in [-0.2, -0.15) is 0 Å². The zero-order chi connectivity index (χ0) is 19.1.